The first-order valence-corrected chi connectivity index (χ1v) is 10.1. The molecule has 134 valence electrons. The molecule has 2 aromatic carbocycles. The molecule has 1 aliphatic rings. The van der Waals surface area contributed by atoms with Crippen LogP contribution in [-0.4, -0.2) is 27.6 Å². The van der Waals surface area contributed by atoms with Crippen LogP contribution >= 0.6 is 0 Å². The van der Waals surface area contributed by atoms with Gasteiger partial charge in [-0.1, -0.05) is 49.7 Å². The van der Waals surface area contributed by atoms with Gasteiger partial charge in [0.05, 0.1) is 17.5 Å². The lowest BCUT2D eigenvalue weighted by atomic mass is 10.1. The second-order valence-corrected chi connectivity index (χ2v) is 8.70. The Morgan fingerprint density at radius 1 is 1.12 bits per heavy atom. The fraction of sp³-hybridized carbons (Fsp3) is 0.400. The number of aryl methyl sites for hydroxylation is 1. The Balaban J connectivity index is 1.75. The van der Waals surface area contributed by atoms with E-state index in [9.17, 15) is 8.42 Å². The number of fused-ring (bicyclic) bond motifs is 1. The fourth-order valence-corrected chi connectivity index (χ4v) is 4.20. The smallest absolute Gasteiger partial charge is 0.297 e. The van der Waals surface area contributed by atoms with E-state index in [4.69, 9.17) is 4.18 Å². The van der Waals surface area contributed by atoms with Gasteiger partial charge in [0.15, 0.2) is 0 Å². The molecule has 1 aliphatic heterocycles. The van der Waals surface area contributed by atoms with Gasteiger partial charge in [-0.05, 0) is 43.0 Å². The van der Waals surface area contributed by atoms with E-state index in [0.29, 0.717) is 5.92 Å². The van der Waals surface area contributed by atoms with Crippen LogP contribution in [0.15, 0.2) is 53.4 Å². The van der Waals surface area contributed by atoms with Crippen LogP contribution in [0.4, 0.5) is 5.69 Å². The molecular weight excluding hydrogens is 334 g/mol. The van der Waals surface area contributed by atoms with Crippen molar-refractivity contribution in [3.05, 3.63) is 59.7 Å². The molecule has 0 saturated heterocycles. The molecule has 0 unspecified atom stereocenters. The Morgan fingerprint density at radius 2 is 1.80 bits per heavy atom. The van der Waals surface area contributed by atoms with Gasteiger partial charge in [-0.15, -0.1) is 0 Å². The molecule has 0 saturated carbocycles. The Bertz CT molecular complexity index is 828. The largest absolute Gasteiger partial charge is 0.365 e. The van der Waals surface area contributed by atoms with Gasteiger partial charge in [0.1, 0.15) is 0 Å². The normalized spacial score (nSPS) is 17.1. The number of anilines is 1. The van der Waals surface area contributed by atoms with Crippen LogP contribution in [0.1, 0.15) is 25.0 Å². The van der Waals surface area contributed by atoms with Crippen LogP contribution in [-0.2, 0) is 20.7 Å². The standard InChI is InChI=1S/C20H25NO3S/c1-15(2)13-21-18(12-17-6-4-5-7-20(17)21)14-24-25(22,23)19-10-8-16(3)9-11-19/h4-11,15,18H,12-14H2,1-3H3/t18-/m0/s1. The van der Waals surface area contributed by atoms with Crippen molar-refractivity contribution in [2.24, 2.45) is 5.92 Å². The van der Waals surface area contributed by atoms with Gasteiger partial charge in [-0.2, -0.15) is 8.42 Å². The molecule has 0 N–H and O–H groups in total. The molecule has 3 rings (SSSR count). The maximum Gasteiger partial charge on any atom is 0.297 e. The molecule has 0 bridgehead atoms. The number of hydrogen-bond acceptors (Lipinski definition) is 4. The summed E-state index contributed by atoms with van der Waals surface area (Å²) in [5, 5.41) is 0. The van der Waals surface area contributed by atoms with E-state index in [2.05, 4.69) is 30.9 Å². The molecule has 0 spiro atoms. The van der Waals surface area contributed by atoms with E-state index < -0.39 is 10.1 Å². The first kappa shape index (κ1) is 18.0. The first-order chi connectivity index (χ1) is 11.9. The third kappa shape index (κ3) is 4.05. The number of para-hydroxylation sites is 1. The number of rotatable bonds is 6. The summed E-state index contributed by atoms with van der Waals surface area (Å²) in [6.07, 6.45) is 0.812. The number of hydrogen-bond donors (Lipinski definition) is 0. The highest BCUT2D eigenvalue weighted by Gasteiger charge is 2.31. The van der Waals surface area contributed by atoms with E-state index >= 15 is 0 Å². The Kier molecular flexibility index (Phi) is 5.16. The van der Waals surface area contributed by atoms with E-state index in [1.165, 1.54) is 11.3 Å². The quantitative estimate of drug-likeness (QED) is 0.736. The van der Waals surface area contributed by atoms with Gasteiger partial charge in [0.25, 0.3) is 10.1 Å². The van der Waals surface area contributed by atoms with Crippen molar-refractivity contribution in [3.63, 3.8) is 0 Å². The van der Waals surface area contributed by atoms with Crippen molar-refractivity contribution < 1.29 is 12.6 Å². The number of nitrogens with zero attached hydrogens (tertiary/aromatic N) is 1. The highest BCUT2D eigenvalue weighted by atomic mass is 32.2. The zero-order valence-electron chi connectivity index (χ0n) is 15.0. The highest BCUT2D eigenvalue weighted by Crippen LogP contribution is 2.33. The van der Waals surface area contributed by atoms with Crippen molar-refractivity contribution in [2.45, 2.75) is 38.1 Å². The van der Waals surface area contributed by atoms with Gasteiger partial charge in [0, 0.05) is 12.2 Å². The van der Waals surface area contributed by atoms with E-state index in [-0.39, 0.29) is 17.5 Å². The third-order valence-corrected chi connectivity index (χ3v) is 5.78. The van der Waals surface area contributed by atoms with Crippen molar-refractivity contribution in [2.75, 3.05) is 18.1 Å². The maximum absolute atomic E-state index is 12.5. The van der Waals surface area contributed by atoms with Gasteiger partial charge >= 0.3 is 0 Å². The summed E-state index contributed by atoms with van der Waals surface area (Å²) in [5.41, 5.74) is 3.47. The molecule has 1 atom stereocenters. The minimum atomic E-state index is -3.73. The third-order valence-electron chi connectivity index (χ3n) is 4.48. The molecule has 0 aliphatic carbocycles. The van der Waals surface area contributed by atoms with Gasteiger partial charge in [-0.3, -0.25) is 4.18 Å². The molecule has 5 heteroatoms. The van der Waals surface area contributed by atoms with Crippen molar-refractivity contribution >= 4 is 15.8 Å². The molecule has 0 aromatic heterocycles. The zero-order chi connectivity index (χ0) is 18.0. The highest BCUT2D eigenvalue weighted by molar-refractivity contribution is 7.86. The summed E-state index contributed by atoms with van der Waals surface area (Å²) in [7, 11) is -3.73. The average Bonchev–Trinajstić information content (AvgIpc) is 2.91. The molecular formula is C20H25NO3S. The molecule has 2 aromatic rings. The lowest BCUT2D eigenvalue weighted by Crippen LogP contribution is -2.38. The topological polar surface area (TPSA) is 46.6 Å². The second-order valence-electron chi connectivity index (χ2n) is 7.08. The van der Waals surface area contributed by atoms with Gasteiger partial charge in [-0.25, -0.2) is 0 Å². The monoisotopic (exact) mass is 359 g/mol. The summed E-state index contributed by atoms with van der Waals surface area (Å²) in [5.74, 6) is 0.488. The lowest BCUT2D eigenvalue weighted by Gasteiger charge is -2.29. The Hall–Kier alpha value is -1.85. The van der Waals surface area contributed by atoms with Gasteiger partial charge in [0.2, 0.25) is 0 Å². The lowest BCUT2D eigenvalue weighted by molar-refractivity contribution is 0.286. The summed E-state index contributed by atoms with van der Waals surface area (Å²) in [6, 6.07) is 15.1. The maximum atomic E-state index is 12.5. The predicted octanol–water partition coefficient (Wildman–Crippen LogP) is 3.79. The van der Waals surface area contributed by atoms with E-state index in [0.717, 1.165) is 18.5 Å². The summed E-state index contributed by atoms with van der Waals surface area (Å²) < 4.78 is 30.3. The summed E-state index contributed by atoms with van der Waals surface area (Å²) >= 11 is 0. The van der Waals surface area contributed by atoms with Crippen molar-refractivity contribution in [1.82, 2.24) is 0 Å². The minimum absolute atomic E-state index is 0.0417. The van der Waals surface area contributed by atoms with Crippen LogP contribution in [0.3, 0.4) is 0 Å². The van der Waals surface area contributed by atoms with Crippen molar-refractivity contribution in [1.29, 1.82) is 0 Å². The molecule has 1 heterocycles. The van der Waals surface area contributed by atoms with Gasteiger partial charge < -0.3 is 4.90 Å². The Morgan fingerprint density at radius 3 is 2.48 bits per heavy atom. The van der Waals surface area contributed by atoms with E-state index in [1.807, 2.05) is 19.1 Å². The summed E-state index contributed by atoms with van der Waals surface area (Å²) in [4.78, 5) is 2.49. The molecule has 0 amide bonds. The van der Waals surface area contributed by atoms with Crippen LogP contribution in [0.5, 0.6) is 0 Å². The average molecular weight is 359 g/mol. The fourth-order valence-electron chi connectivity index (χ4n) is 3.26. The van der Waals surface area contributed by atoms with E-state index in [1.54, 1.807) is 24.3 Å². The second kappa shape index (κ2) is 7.18. The molecule has 0 radical (unpaired) electrons. The molecule has 0 fully saturated rings. The predicted molar refractivity (Wildman–Crippen MR) is 100 cm³/mol. The minimum Gasteiger partial charge on any atom is -0.365 e. The van der Waals surface area contributed by atoms with Crippen LogP contribution in [0.25, 0.3) is 0 Å². The van der Waals surface area contributed by atoms with Crippen molar-refractivity contribution in [3.8, 4) is 0 Å². The Labute approximate surface area is 150 Å². The SMILES string of the molecule is Cc1ccc(S(=O)(=O)OC[C@@H]2Cc3ccccc3N2CC(C)C)cc1. The number of benzene rings is 2. The summed E-state index contributed by atoms with van der Waals surface area (Å²) in [6.45, 7) is 7.31. The zero-order valence-corrected chi connectivity index (χ0v) is 15.8. The molecule has 25 heavy (non-hydrogen) atoms. The first-order valence-electron chi connectivity index (χ1n) is 8.67. The van der Waals surface area contributed by atoms with Crippen LogP contribution in [0.2, 0.25) is 0 Å². The van der Waals surface area contributed by atoms with Crippen LogP contribution < -0.4 is 4.90 Å². The van der Waals surface area contributed by atoms with Crippen LogP contribution in [0, 0.1) is 12.8 Å². The molecule has 4 nitrogen and oxygen atoms in total.